The first-order chi connectivity index (χ1) is 16.2. The fourth-order valence-electron chi connectivity index (χ4n) is 3.66. The Morgan fingerprint density at radius 1 is 0.912 bits per heavy atom. The van der Waals surface area contributed by atoms with Crippen molar-refractivity contribution in [1.82, 2.24) is 4.98 Å². The number of hydrogen-bond acceptors (Lipinski definition) is 5. The van der Waals surface area contributed by atoms with E-state index in [0.29, 0.717) is 16.9 Å². The number of ether oxygens (including phenoxy) is 3. The molecule has 0 fully saturated rings. The molecule has 6 heteroatoms. The van der Waals surface area contributed by atoms with Crippen LogP contribution in [-0.2, 0) is 14.3 Å². The van der Waals surface area contributed by atoms with Crippen molar-refractivity contribution in [1.29, 1.82) is 0 Å². The molecule has 3 aromatic carbocycles. The molecule has 34 heavy (non-hydrogen) atoms. The number of rotatable bonds is 6. The average molecular weight is 458 g/mol. The zero-order chi connectivity index (χ0) is 24.3. The van der Waals surface area contributed by atoms with E-state index in [1.807, 2.05) is 57.2 Å². The Morgan fingerprint density at radius 2 is 1.62 bits per heavy atom. The van der Waals surface area contributed by atoms with Crippen LogP contribution in [0.5, 0.6) is 5.75 Å². The topological polar surface area (TPSA) is 77.6 Å². The summed E-state index contributed by atoms with van der Waals surface area (Å²) in [7, 11) is 1.34. The van der Waals surface area contributed by atoms with E-state index < -0.39 is 17.5 Å². The lowest BCUT2D eigenvalue weighted by atomic mass is 10.1. The smallest absolute Gasteiger partial charge is 0.338 e. The summed E-state index contributed by atoms with van der Waals surface area (Å²) in [5, 5.41) is 2.16. The molecule has 1 heterocycles. The number of aromatic amines is 1. The average Bonchev–Trinajstić information content (AvgIpc) is 3.20. The van der Waals surface area contributed by atoms with Crippen molar-refractivity contribution in [2.75, 3.05) is 13.7 Å². The fourth-order valence-corrected chi connectivity index (χ4v) is 3.66. The molecule has 0 saturated heterocycles. The van der Waals surface area contributed by atoms with Crippen molar-refractivity contribution in [2.24, 2.45) is 0 Å². The van der Waals surface area contributed by atoms with Crippen molar-refractivity contribution in [3.8, 4) is 5.75 Å². The monoisotopic (exact) mass is 457 g/mol. The number of methoxy groups -OCH3 is 1. The summed E-state index contributed by atoms with van der Waals surface area (Å²) in [5.74, 6) is -0.241. The molecule has 4 rings (SSSR count). The Morgan fingerprint density at radius 3 is 2.32 bits per heavy atom. The van der Waals surface area contributed by atoms with Gasteiger partial charge in [0.15, 0.2) is 0 Å². The van der Waals surface area contributed by atoms with Gasteiger partial charge in [0.1, 0.15) is 18.0 Å². The minimum absolute atomic E-state index is 0.0160. The molecule has 0 bridgehead atoms. The van der Waals surface area contributed by atoms with E-state index in [2.05, 4.69) is 11.1 Å². The summed E-state index contributed by atoms with van der Waals surface area (Å²) in [6, 6.07) is 20.7. The molecule has 0 amide bonds. The second-order valence-corrected chi connectivity index (χ2v) is 8.92. The third kappa shape index (κ3) is 5.12. The zero-order valence-electron chi connectivity index (χ0n) is 19.7. The summed E-state index contributed by atoms with van der Waals surface area (Å²) in [5.41, 5.74) is 2.76. The number of benzene rings is 3. The number of aromatic nitrogens is 1. The molecule has 174 valence electrons. The Balaban J connectivity index is 1.64. The first kappa shape index (κ1) is 23.1. The van der Waals surface area contributed by atoms with Crippen LogP contribution in [0.1, 0.15) is 36.7 Å². The first-order valence-corrected chi connectivity index (χ1v) is 11.0. The van der Waals surface area contributed by atoms with Crippen molar-refractivity contribution in [3.63, 3.8) is 0 Å². The third-order valence-corrected chi connectivity index (χ3v) is 5.22. The van der Waals surface area contributed by atoms with Crippen molar-refractivity contribution in [3.05, 3.63) is 83.4 Å². The van der Waals surface area contributed by atoms with Crippen LogP contribution in [-0.4, -0.2) is 36.2 Å². The van der Waals surface area contributed by atoms with Gasteiger partial charge >= 0.3 is 11.9 Å². The van der Waals surface area contributed by atoms with Crippen LogP contribution >= 0.6 is 0 Å². The minimum Gasteiger partial charge on any atom is -0.486 e. The fraction of sp³-hybridized carbons (Fsp3) is 0.214. The molecule has 4 aromatic rings. The normalized spacial score (nSPS) is 12.1. The SMILES string of the molecule is COC(=O)c1ccc(/C=C(\COc2cccc3c2[nH]c2ccccc23)C(=O)OC(C)(C)C)cc1. The van der Waals surface area contributed by atoms with E-state index in [1.54, 1.807) is 30.3 Å². The van der Waals surface area contributed by atoms with Crippen LogP contribution in [0, 0.1) is 0 Å². The summed E-state index contributed by atoms with van der Waals surface area (Å²) < 4.78 is 16.5. The van der Waals surface area contributed by atoms with Gasteiger partial charge < -0.3 is 19.2 Å². The second-order valence-electron chi connectivity index (χ2n) is 8.92. The molecule has 0 unspecified atom stereocenters. The van der Waals surface area contributed by atoms with Gasteiger partial charge in [-0.25, -0.2) is 9.59 Å². The molecule has 6 nitrogen and oxygen atoms in total. The maximum Gasteiger partial charge on any atom is 0.338 e. The highest BCUT2D eigenvalue weighted by Gasteiger charge is 2.21. The van der Waals surface area contributed by atoms with Gasteiger partial charge in [-0.05, 0) is 56.7 Å². The molecule has 1 aromatic heterocycles. The van der Waals surface area contributed by atoms with Gasteiger partial charge in [0.05, 0.1) is 23.8 Å². The number of carbonyl (C=O) groups excluding carboxylic acids is 2. The lowest BCUT2D eigenvalue weighted by Crippen LogP contribution is -2.26. The van der Waals surface area contributed by atoms with E-state index in [-0.39, 0.29) is 6.61 Å². The van der Waals surface area contributed by atoms with E-state index in [4.69, 9.17) is 14.2 Å². The number of nitrogens with one attached hydrogen (secondary N) is 1. The number of carbonyl (C=O) groups is 2. The highest BCUT2D eigenvalue weighted by atomic mass is 16.6. The predicted molar refractivity (Wildman–Crippen MR) is 133 cm³/mol. The first-order valence-electron chi connectivity index (χ1n) is 11.0. The molecule has 0 spiro atoms. The highest BCUT2D eigenvalue weighted by molar-refractivity contribution is 6.09. The van der Waals surface area contributed by atoms with E-state index in [9.17, 15) is 9.59 Å². The van der Waals surface area contributed by atoms with Crippen LogP contribution in [0.3, 0.4) is 0 Å². The molecule has 0 saturated carbocycles. The van der Waals surface area contributed by atoms with Gasteiger partial charge in [0, 0.05) is 16.3 Å². The van der Waals surface area contributed by atoms with Gasteiger partial charge in [0.25, 0.3) is 0 Å². The van der Waals surface area contributed by atoms with Crippen LogP contribution in [0.15, 0.2) is 72.3 Å². The maximum atomic E-state index is 13.0. The van der Waals surface area contributed by atoms with Crippen LogP contribution in [0.2, 0.25) is 0 Å². The van der Waals surface area contributed by atoms with Gasteiger partial charge in [-0.3, -0.25) is 0 Å². The Kier molecular flexibility index (Phi) is 6.41. The highest BCUT2D eigenvalue weighted by Crippen LogP contribution is 2.32. The molecule has 0 radical (unpaired) electrons. The molecular weight excluding hydrogens is 430 g/mol. The van der Waals surface area contributed by atoms with Crippen LogP contribution < -0.4 is 4.74 Å². The van der Waals surface area contributed by atoms with Crippen molar-refractivity contribution < 1.29 is 23.8 Å². The van der Waals surface area contributed by atoms with E-state index >= 15 is 0 Å². The Labute approximate surface area is 198 Å². The lowest BCUT2D eigenvalue weighted by molar-refractivity contribution is -0.150. The number of esters is 2. The predicted octanol–water partition coefficient (Wildman–Crippen LogP) is 5.91. The van der Waals surface area contributed by atoms with Gasteiger partial charge in [0.2, 0.25) is 0 Å². The molecule has 0 atom stereocenters. The summed E-state index contributed by atoms with van der Waals surface area (Å²) >= 11 is 0. The maximum absolute atomic E-state index is 13.0. The van der Waals surface area contributed by atoms with Gasteiger partial charge in [-0.1, -0.05) is 42.5 Å². The molecule has 0 aliphatic rings. The molecule has 0 aliphatic carbocycles. The van der Waals surface area contributed by atoms with Crippen molar-refractivity contribution >= 4 is 39.8 Å². The molecule has 0 aliphatic heterocycles. The lowest BCUT2D eigenvalue weighted by Gasteiger charge is -2.21. The number of H-pyrrole nitrogens is 1. The number of hydrogen-bond donors (Lipinski definition) is 1. The zero-order valence-corrected chi connectivity index (χ0v) is 19.7. The van der Waals surface area contributed by atoms with Gasteiger partial charge in [-0.15, -0.1) is 0 Å². The van der Waals surface area contributed by atoms with Crippen molar-refractivity contribution in [2.45, 2.75) is 26.4 Å². The number of para-hydroxylation sites is 2. The quantitative estimate of drug-likeness (QED) is 0.288. The third-order valence-electron chi connectivity index (χ3n) is 5.22. The Hall–Kier alpha value is -4.06. The van der Waals surface area contributed by atoms with E-state index in [0.717, 1.165) is 27.4 Å². The van der Waals surface area contributed by atoms with E-state index in [1.165, 1.54) is 7.11 Å². The molecule has 1 N–H and O–H groups in total. The minimum atomic E-state index is -0.651. The summed E-state index contributed by atoms with van der Waals surface area (Å²) in [4.78, 5) is 28.1. The Bertz CT molecular complexity index is 1370. The standard InChI is InChI=1S/C28H27NO5/c1-28(2,3)34-27(31)20(16-18-12-14-19(15-13-18)26(30)32-4)17-33-24-11-7-9-22-21-8-5-6-10-23(21)29-25(22)24/h5-16,29H,17H2,1-4H3/b20-16+. The molecular formula is C28H27NO5. The largest absolute Gasteiger partial charge is 0.486 e. The van der Waals surface area contributed by atoms with Crippen LogP contribution in [0.4, 0.5) is 0 Å². The number of fused-ring (bicyclic) bond motifs is 3. The second kappa shape index (κ2) is 9.43. The van der Waals surface area contributed by atoms with Gasteiger partial charge in [-0.2, -0.15) is 0 Å². The van der Waals surface area contributed by atoms with Crippen LogP contribution in [0.25, 0.3) is 27.9 Å². The summed E-state index contributed by atoms with van der Waals surface area (Å²) in [6.07, 6.45) is 1.71. The summed E-state index contributed by atoms with van der Waals surface area (Å²) in [6.45, 7) is 5.47.